The number of benzene rings is 1. The fourth-order valence-corrected chi connectivity index (χ4v) is 3.20. The molecule has 0 saturated heterocycles. The predicted molar refractivity (Wildman–Crippen MR) is 96.8 cm³/mol. The molecule has 2 aromatic rings. The van der Waals surface area contributed by atoms with E-state index in [-0.39, 0.29) is 12.0 Å². The minimum atomic E-state index is -0.568. The summed E-state index contributed by atoms with van der Waals surface area (Å²) >= 11 is 0. The van der Waals surface area contributed by atoms with Crippen molar-refractivity contribution in [2.45, 2.75) is 45.6 Å². The first kappa shape index (κ1) is 17.6. The standard InChI is InChI=1S/C20H25N3O2/c1-14(2)18-10-9-15(3)20(19(18)24)25-13-17-12-23(22-21-17)11-16-7-5-4-6-8-16/h4-9,12,18-20,24H,1,10-11,13H2,2-3H3. The molecule has 132 valence electrons. The van der Waals surface area contributed by atoms with E-state index in [0.29, 0.717) is 13.2 Å². The molecule has 1 aromatic carbocycles. The molecule has 25 heavy (non-hydrogen) atoms. The Balaban J connectivity index is 1.61. The molecular formula is C20H25N3O2. The average molecular weight is 339 g/mol. The van der Waals surface area contributed by atoms with Crippen LogP contribution in [0.3, 0.4) is 0 Å². The highest BCUT2D eigenvalue weighted by Gasteiger charge is 2.33. The van der Waals surface area contributed by atoms with E-state index in [1.54, 1.807) is 4.68 Å². The molecule has 0 saturated carbocycles. The highest BCUT2D eigenvalue weighted by molar-refractivity contribution is 5.19. The molecular weight excluding hydrogens is 314 g/mol. The zero-order valence-corrected chi connectivity index (χ0v) is 14.8. The average Bonchev–Trinajstić information content (AvgIpc) is 3.02. The lowest BCUT2D eigenvalue weighted by Crippen LogP contribution is -2.39. The van der Waals surface area contributed by atoms with E-state index in [1.807, 2.05) is 38.2 Å². The second-order valence-electron chi connectivity index (χ2n) is 6.75. The van der Waals surface area contributed by atoms with E-state index in [2.05, 4.69) is 35.1 Å². The number of hydrogen-bond donors (Lipinski definition) is 1. The van der Waals surface area contributed by atoms with E-state index in [4.69, 9.17) is 4.74 Å². The normalized spacial score (nSPS) is 23.3. The van der Waals surface area contributed by atoms with Crippen molar-refractivity contribution in [3.05, 3.63) is 71.6 Å². The molecule has 0 amide bonds. The molecule has 0 fully saturated rings. The maximum atomic E-state index is 10.6. The predicted octanol–water partition coefficient (Wildman–Crippen LogP) is 3.11. The third-order valence-electron chi connectivity index (χ3n) is 4.68. The van der Waals surface area contributed by atoms with Crippen LogP contribution in [-0.4, -0.2) is 32.3 Å². The zero-order valence-electron chi connectivity index (χ0n) is 14.8. The van der Waals surface area contributed by atoms with E-state index >= 15 is 0 Å². The molecule has 1 N–H and O–H groups in total. The Labute approximate surface area is 148 Å². The molecule has 3 unspecified atom stereocenters. The Kier molecular flexibility index (Phi) is 5.46. The van der Waals surface area contributed by atoms with Crippen molar-refractivity contribution in [1.29, 1.82) is 0 Å². The van der Waals surface area contributed by atoms with E-state index in [0.717, 1.165) is 23.3 Å². The fourth-order valence-electron chi connectivity index (χ4n) is 3.20. The van der Waals surface area contributed by atoms with Crippen LogP contribution >= 0.6 is 0 Å². The number of nitrogens with zero attached hydrogens (tertiary/aromatic N) is 3. The molecule has 3 atom stereocenters. The van der Waals surface area contributed by atoms with Crippen LogP contribution in [0.15, 0.2) is 60.3 Å². The first-order valence-corrected chi connectivity index (χ1v) is 8.59. The van der Waals surface area contributed by atoms with Crippen LogP contribution in [0.25, 0.3) is 0 Å². The van der Waals surface area contributed by atoms with Crippen LogP contribution in [0.5, 0.6) is 0 Å². The molecule has 0 bridgehead atoms. The maximum Gasteiger partial charge on any atom is 0.108 e. The van der Waals surface area contributed by atoms with Gasteiger partial charge in [-0.25, -0.2) is 4.68 Å². The number of hydrogen-bond acceptors (Lipinski definition) is 4. The van der Waals surface area contributed by atoms with Gasteiger partial charge in [0.25, 0.3) is 0 Å². The van der Waals surface area contributed by atoms with Gasteiger partial charge in [0.2, 0.25) is 0 Å². The van der Waals surface area contributed by atoms with Crippen molar-refractivity contribution in [2.75, 3.05) is 0 Å². The highest BCUT2D eigenvalue weighted by atomic mass is 16.5. The Bertz CT molecular complexity index is 751. The molecule has 1 aliphatic rings. The second kappa shape index (κ2) is 7.76. The van der Waals surface area contributed by atoms with Crippen LogP contribution in [0.4, 0.5) is 0 Å². The molecule has 1 aromatic heterocycles. The van der Waals surface area contributed by atoms with Crippen molar-refractivity contribution >= 4 is 0 Å². The second-order valence-corrected chi connectivity index (χ2v) is 6.75. The third-order valence-corrected chi connectivity index (χ3v) is 4.68. The van der Waals surface area contributed by atoms with Crippen LogP contribution in [-0.2, 0) is 17.9 Å². The van der Waals surface area contributed by atoms with E-state index in [1.165, 1.54) is 5.56 Å². The smallest absolute Gasteiger partial charge is 0.108 e. The lowest BCUT2D eigenvalue weighted by molar-refractivity contribution is -0.0493. The lowest BCUT2D eigenvalue weighted by Gasteiger charge is -2.34. The van der Waals surface area contributed by atoms with Gasteiger partial charge >= 0.3 is 0 Å². The van der Waals surface area contributed by atoms with E-state index in [9.17, 15) is 5.11 Å². The van der Waals surface area contributed by atoms with Crippen molar-refractivity contribution < 1.29 is 9.84 Å². The molecule has 0 aliphatic heterocycles. The number of allylic oxidation sites excluding steroid dienone is 1. The van der Waals surface area contributed by atoms with Gasteiger partial charge in [-0.15, -0.1) is 5.10 Å². The summed E-state index contributed by atoms with van der Waals surface area (Å²) in [7, 11) is 0. The monoisotopic (exact) mass is 339 g/mol. The summed E-state index contributed by atoms with van der Waals surface area (Å²) in [5, 5.41) is 18.9. The van der Waals surface area contributed by atoms with Crippen LogP contribution in [0.1, 0.15) is 31.5 Å². The fraction of sp³-hybridized carbons (Fsp3) is 0.400. The van der Waals surface area contributed by atoms with Gasteiger partial charge in [-0.3, -0.25) is 0 Å². The van der Waals surface area contributed by atoms with Crippen molar-refractivity contribution in [3.8, 4) is 0 Å². The maximum absolute atomic E-state index is 10.6. The van der Waals surface area contributed by atoms with Gasteiger partial charge in [0.15, 0.2) is 0 Å². The Morgan fingerprint density at radius 2 is 2.12 bits per heavy atom. The van der Waals surface area contributed by atoms with Crippen molar-refractivity contribution in [3.63, 3.8) is 0 Å². The van der Waals surface area contributed by atoms with Crippen LogP contribution in [0.2, 0.25) is 0 Å². The Morgan fingerprint density at radius 3 is 2.84 bits per heavy atom. The zero-order chi connectivity index (χ0) is 17.8. The summed E-state index contributed by atoms with van der Waals surface area (Å²) in [5.74, 6) is 0.0439. The molecule has 1 heterocycles. The molecule has 3 rings (SSSR count). The lowest BCUT2D eigenvalue weighted by atomic mass is 9.81. The summed E-state index contributed by atoms with van der Waals surface area (Å²) in [6.07, 6.45) is 3.94. The molecule has 0 spiro atoms. The SMILES string of the molecule is C=C(C)C1CC=C(C)C(OCc2cn(Cc3ccccc3)nn2)C1O. The quantitative estimate of drug-likeness (QED) is 0.822. The number of aliphatic hydroxyl groups excluding tert-OH is 1. The van der Waals surface area contributed by atoms with Gasteiger partial charge in [0.1, 0.15) is 11.8 Å². The summed E-state index contributed by atoms with van der Waals surface area (Å²) in [6.45, 7) is 8.93. The van der Waals surface area contributed by atoms with Gasteiger partial charge in [-0.1, -0.05) is 53.8 Å². The van der Waals surface area contributed by atoms with E-state index < -0.39 is 6.10 Å². The van der Waals surface area contributed by atoms with Crippen LogP contribution < -0.4 is 0 Å². The molecule has 1 aliphatic carbocycles. The number of rotatable bonds is 6. The summed E-state index contributed by atoms with van der Waals surface area (Å²) in [5.41, 5.74) is 3.97. The largest absolute Gasteiger partial charge is 0.389 e. The van der Waals surface area contributed by atoms with Gasteiger partial charge in [-0.05, 0) is 31.4 Å². The summed E-state index contributed by atoms with van der Waals surface area (Å²) in [6, 6.07) is 10.1. The molecule has 0 radical (unpaired) electrons. The summed E-state index contributed by atoms with van der Waals surface area (Å²) < 4.78 is 7.76. The van der Waals surface area contributed by atoms with Crippen molar-refractivity contribution in [2.24, 2.45) is 5.92 Å². The minimum absolute atomic E-state index is 0.0439. The molecule has 5 nitrogen and oxygen atoms in total. The first-order chi connectivity index (χ1) is 12.0. The third kappa shape index (κ3) is 4.24. The topological polar surface area (TPSA) is 60.2 Å². The Hall–Kier alpha value is -2.24. The first-order valence-electron chi connectivity index (χ1n) is 8.59. The number of aromatic nitrogens is 3. The van der Waals surface area contributed by atoms with Gasteiger partial charge in [0, 0.05) is 5.92 Å². The van der Waals surface area contributed by atoms with Gasteiger partial charge in [-0.2, -0.15) is 0 Å². The highest BCUT2D eigenvalue weighted by Crippen LogP contribution is 2.31. The van der Waals surface area contributed by atoms with Gasteiger partial charge < -0.3 is 9.84 Å². The summed E-state index contributed by atoms with van der Waals surface area (Å²) in [4.78, 5) is 0. The van der Waals surface area contributed by atoms with Crippen molar-refractivity contribution in [1.82, 2.24) is 15.0 Å². The molecule has 5 heteroatoms. The number of aliphatic hydroxyl groups is 1. The van der Waals surface area contributed by atoms with Gasteiger partial charge in [0.05, 0.1) is 25.5 Å². The minimum Gasteiger partial charge on any atom is -0.389 e. The number of ether oxygens (including phenoxy) is 1. The Morgan fingerprint density at radius 1 is 1.36 bits per heavy atom. The van der Waals surface area contributed by atoms with Crippen LogP contribution in [0, 0.1) is 5.92 Å².